The van der Waals surface area contributed by atoms with Crippen LogP contribution in [0.1, 0.15) is 47.7 Å². The fraction of sp³-hybridized carbons (Fsp3) is 0.500. The molecule has 2 aromatic rings. The van der Waals surface area contributed by atoms with Crippen LogP contribution >= 0.6 is 0 Å². The van der Waals surface area contributed by atoms with Crippen LogP contribution < -0.4 is 10.6 Å². The highest BCUT2D eigenvalue weighted by atomic mass is 16.2. The molecule has 134 valence electrons. The van der Waals surface area contributed by atoms with Crippen LogP contribution in [0.15, 0.2) is 30.3 Å². The summed E-state index contributed by atoms with van der Waals surface area (Å²) >= 11 is 0. The molecular formula is C20H28N4O. The Morgan fingerprint density at radius 1 is 1.28 bits per heavy atom. The fourth-order valence-electron chi connectivity index (χ4n) is 3.68. The van der Waals surface area contributed by atoms with Crippen LogP contribution in [0.4, 0.5) is 4.79 Å². The molecule has 2 amide bonds. The number of nitrogens with one attached hydrogen (secondary N) is 2. The third kappa shape index (κ3) is 4.62. The van der Waals surface area contributed by atoms with E-state index in [0.29, 0.717) is 19.0 Å². The molecule has 0 saturated carbocycles. The van der Waals surface area contributed by atoms with Crippen molar-refractivity contribution in [1.29, 1.82) is 0 Å². The average Bonchev–Trinajstić information content (AvgIpc) is 2.94. The number of fused-ring (bicyclic) bond motifs is 1. The van der Waals surface area contributed by atoms with Crippen molar-refractivity contribution in [3.8, 4) is 0 Å². The molecule has 0 aliphatic heterocycles. The molecule has 2 N–H and O–H groups in total. The van der Waals surface area contributed by atoms with Gasteiger partial charge in [-0.3, -0.25) is 4.68 Å². The molecule has 0 radical (unpaired) electrons. The molecule has 0 saturated heterocycles. The van der Waals surface area contributed by atoms with Crippen LogP contribution in [0.25, 0.3) is 0 Å². The highest BCUT2D eigenvalue weighted by Crippen LogP contribution is 2.30. The molecule has 1 aromatic carbocycles. The zero-order chi connectivity index (χ0) is 17.6. The van der Waals surface area contributed by atoms with Gasteiger partial charge in [0.05, 0.1) is 5.69 Å². The monoisotopic (exact) mass is 340 g/mol. The van der Waals surface area contributed by atoms with E-state index in [1.807, 2.05) is 11.6 Å². The Morgan fingerprint density at radius 3 is 2.92 bits per heavy atom. The maximum atomic E-state index is 12.0. The second-order valence-electron chi connectivity index (χ2n) is 6.93. The molecule has 0 bridgehead atoms. The molecule has 1 atom stereocenters. The molecule has 3 rings (SSSR count). The van der Waals surface area contributed by atoms with Crippen LogP contribution in [0, 0.1) is 13.8 Å². The molecular weight excluding hydrogens is 312 g/mol. The molecule has 0 spiro atoms. The van der Waals surface area contributed by atoms with Crippen molar-refractivity contribution in [2.75, 3.05) is 13.1 Å². The van der Waals surface area contributed by atoms with Gasteiger partial charge in [-0.05, 0) is 56.7 Å². The summed E-state index contributed by atoms with van der Waals surface area (Å²) in [7, 11) is 0. The third-order valence-electron chi connectivity index (χ3n) is 4.94. The van der Waals surface area contributed by atoms with Crippen molar-refractivity contribution in [2.45, 2.75) is 52.0 Å². The number of aryl methyl sites for hydroxylation is 4. The van der Waals surface area contributed by atoms with Gasteiger partial charge < -0.3 is 10.6 Å². The van der Waals surface area contributed by atoms with Crippen molar-refractivity contribution < 1.29 is 4.79 Å². The number of urea groups is 1. The number of hydrogen-bond donors (Lipinski definition) is 2. The summed E-state index contributed by atoms with van der Waals surface area (Å²) in [5.41, 5.74) is 5.04. The van der Waals surface area contributed by atoms with E-state index in [4.69, 9.17) is 0 Å². The second-order valence-corrected chi connectivity index (χ2v) is 6.93. The van der Waals surface area contributed by atoms with E-state index in [1.54, 1.807) is 0 Å². The van der Waals surface area contributed by atoms with Gasteiger partial charge in [0, 0.05) is 31.2 Å². The molecule has 0 fully saturated rings. The summed E-state index contributed by atoms with van der Waals surface area (Å²) in [5, 5.41) is 10.4. The zero-order valence-electron chi connectivity index (χ0n) is 15.2. The van der Waals surface area contributed by atoms with Crippen molar-refractivity contribution in [2.24, 2.45) is 0 Å². The summed E-state index contributed by atoms with van der Waals surface area (Å²) in [6.45, 7) is 6.25. The Balaban J connectivity index is 1.38. The normalized spacial score (nSPS) is 16.3. The number of benzene rings is 1. The van der Waals surface area contributed by atoms with E-state index in [2.05, 4.69) is 53.0 Å². The van der Waals surface area contributed by atoms with E-state index in [9.17, 15) is 4.79 Å². The van der Waals surface area contributed by atoms with E-state index in [1.165, 1.54) is 17.5 Å². The molecule has 1 heterocycles. The van der Waals surface area contributed by atoms with Crippen molar-refractivity contribution in [3.05, 3.63) is 52.8 Å². The number of nitrogens with zero attached hydrogens (tertiary/aromatic N) is 2. The molecule has 1 unspecified atom stereocenters. The summed E-state index contributed by atoms with van der Waals surface area (Å²) in [6.07, 6.45) is 4.38. The number of carbonyl (C=O) groups is 1. The average molecular weight is 340 g/mol. The number of carbonyl (C=O) groups excluding carboxylic acids is 1. The number of rotatable bonds is 6. The van der Waals surface area contributed by atoms with Gasteiger partial charge in [-0.25, -0.2) is 4.79 Å². The minimum Gasteiger partial charge on any atom is -0.338 e. The van der Waals surface area contributed by atoms with E-state index < -0.39 is 0 Å². The van der Waals surface area contributed by atoms with E-state index in [0.717, 1.165) is 37.2 Å². The maximum absolute atomic E-state index is 12.0. The first-order valence-electron chi connectivity index (χ1n) is 9.24. The summed E-state index contributed by atoms with van der Waals surface area (Å²) in [6, 6.07) is 10.6. The van der Waals surface area contributed by atoms with Crippen LogP contribution in [-0.4, -0.2) is 28.9 Å². The molecule has 5 nitrogen and oxygen atoms in total. The van der Waals surface area contributed by atoms with Gasteiger partial charge >= 0.3 is 6.03 Å². The largest absolute Gasteiger partial charge is 0.338 e. The smallest absolute Gasteiger partial charge is 0.314 e. The van der Waals surface area contributed by atoms with Gasteiger partial charge in [0.1, 0.15) is 0 Å². The lowest BCUT2D eigenvalue weighted by molar-refractivity contribution is 0.239. The fourth-order valence-corrected chi connectivity index (χ4v) is 3.68. The number of hydrogen-bond acceptors (Lipinski definition) is 2. The van der Waals surface area contributed by atoms with Crippen molar-refractivity contribution >= 4 is 6.03 Å². The summed E-state index contributed by atoms with van der Waals surface area (Å²) in [4.78, 5) is 12.0. The number of aromatic nitrogens is 2. The van der Waals surface area contributed by atoms with Crippen LogP contribution in [0.2, 0.25) is 0 Å². The Hall–Kier alpha value is -2.30. The highest BCUT2D eigenvalue weighted by molar-refractivity contribution is 5.73. The number of amides is 2. The Labute approximate surface area is 149 Å². The molecule has 5 heteroatoms. The quantitative estimate of drug-likeness (QED) is 0.793. The Kier molecular flexibility index (Phi) is 5.74. The van der Waals surface area contributed by atoms with Gasteiger partial charge in [0.25, 0.3) is 0 Å². The molecule has 1 aromatic heterocycles. The van der Waals surface area contributed by atoms with Crippen LogP contribution in [0.5, 0.6) is 0 Å². The van der Waals surface area contributed by atoms with Gasteiger partial charge in [0.15, 0.2) is 0 Å². The Morgan fingerprint density at radius 2 is 2.12 bits per heavy atom. The maximum Gasteiger partial charge on any atom is 0.314 e. The minimum absolute atomic E-state index is 0.0728. The van der Waals surface area contributed by atoms with E-state index >= 15 is 0 Å². The lowest BCUT2D eigenvalue weighted by Gasteiger charge is -2.25. The molecule has 25 heavy (non-hydrogen) atoms. The van der Waals surface area contributed by atoms with Crippen molar-refractivity contribution in [1.82, 2.24) is 20.4 Å². The summed E-state index contributed by atoms with van der Waals surface area (Å²) in [5.74, 6) is 0.436. The lowest BCUT2D eigenvalue weighted by atomic mass is 9.83. The predicted octanol–water partition coefficient (Wildman–Crippen LogP) is 3.31. The second kappa shape index (κ2) is 8.19. The zero-order valence-corrected chi connectivity index (χ0v) is 15.2. The van der Waals surface area contributed by atoms with Crippen molar-refractivity contribution in [3.63, 3.8) is 0 Å². The standard InChI is InChI=1S/C20H28N4O/c1-15-13-16(2)24(23-15)12-6-11-21-20(25)22-14-18-9-5-8-17-7-3-4-10-19(17)18/h3-4,7,10,13,18H,5-6,8-9,11-12,14H2,1-2H3,(H2,21,22,25). The van der Waals surface area contributed by atoms with Crippen LogP contribution in [-0.2, 0) is 13.0 Å². The van der Waals surface area contributed by atoms with Crippen LogP contribution in [0.3, 0.4) is 0 Å². The predicted molar refractivity (Wildman–Crippen MR) is 99.8 cm³/mol. The summed E-state index contributed by atoms with van der Waals surface area (Å²) < 4.78 is 1.99. The van der Waals surface area contributed by atoms with E-state index in [-0.39, 0.29) is 6.03 Å². The lowest BCUT2D eigenvalue weighted by Crippen LogP contribution is -2.39. The van der Waals surface area contributed by atoms with Gasteiger partial charge in [-0.15, -0.1) is 0 Å². The molecule has 1 aliphatic carbocycles. The third-order valence-corrected chi connectivity index (χ3v) is 4.94. The SMILES string of the molecule is Cc1cc(C)n(CCCNC(=O)NCC2CCCc3ccccc32)n1. The molecule has 1 aliphatic rings. The first kappa shape index (κ1) is 17.5. The van der Waals surface area contributed by atoms with Gasteiger partial charge in [0.2, 0.25) is 0 Å². The first-order chi connectivity index (χ1) is 12.1. The van der Waals surface area contributed by atoms with Gasteiger partial charge in [-0.2, -0.15) is 5.10 Å². The minimum atomic E-state index is -0.0728. The highest BCUT2D eigenvalue weighted by Gasteiger charge is 2.19. The Bertz CT molecular complexity index is 722. The van der Waals surface area contributed by atoms with Gasteiger partial charge in [-0.1, -0.05) is 24.3 Å². The topological polar surface area (TPSA) is 59.0 Å². The first-order valence-corrected chi connectivity index (χ1v) is 9.24.